The molecule has 0 aromatic heterocycles. The van der Waals surface area contributed by atoms with Gasteiger partial charge in [-0.3, -0.25) is 0 Å². The fourth-order valence-electron chi connectivity index (χ4n) is 3.77. The molecule has 1 aromatic rings. The van der Waals surface area contributed by atoms with Crippen LogP contribution in [0.3, 0.4) is 0 Å². The molecule has 1 heterocycles. The summed E-state index contributed by atoms with van der Waals surface area (Å²) in [5, 5.41) is 16.9. The molecule has 0 bridgehead atoms. The zero-order valence-corrected chi connectivity index (χ0v) is 22.3. The number of aliphatic hydroxyl groups excluding tert-OH is 1. The van der Waals surface area contributed by atoms with Gasteiger partial charge >= 0.3 is 0 Å². The standard InChI is InChI=1S/C16H19FN.C8H17NOS.Y/c1-3-5-12-10-11-18-16(15(12)4-2)13-6-8-14(17)9-7-13;1-11-7-5-9-8(2-3-8)4-6-10;/h4-9,16H,3,10-11H2,1-2H3;9-10H,2-7H2,1H3;/q-1;;/b12-5-,15-4+;;/t16-;;/m0../s1. The van der Waals surface area contributed by atoms with Crippen molar-refractivity contribution in [3.63, 3.8) is 0 Å². The number of hydrogen-bond acceptors (Lipinski definition) is 3. The van der Waals surface area contributed by atoms with Crippen LogP contribution in [-0.4, -0.2) is 42.4 Å². The van der Waals surface area contributed by atoms with E-state index in [-0.39, 0.29) is 44.6 Å². The molecule has 30 heavy (non-hydrogen) atoms. The van der Waals surface area contributed by atoms with Crippen LogP contribution in [0.25, 0.3) is 5.32 Å². The molecular weight excluding hydrogens is 472 g/mol. The molecule has 3 rings (SSSR count). The third kappa shape index (κ3) is 8.84. The second kappa shape index (κ2) is 14.9. The van der Waals surface area contributed by atoms with Crippen LogP contribution in [-0.2, 0) is 32.7 Å². The van der Waals surface area contributed by atoms with E-state index >= 15 is 0 Å². The van der Waals surface area contributed by atoms with Gasteiger partial charge in [-0.2, -0.15) is 11.8 Å². The van der Waals surface area contributed by atoms with Gasteiger partial charge in [0.15, 0.2) is 0 Å². The van der Waals surface area contributed by atoms with Gasteiger partial charge in [0.05, 0.1) is 0 Å². The van der Waals surface area contributed by atoms with Crippen molar-refractivity contribution in [3.05, 3.63) is 64.3 Å². The van der Waals surface area contributed by atoms with E-state index in [1.54, 1.807) is 0 Å². The summed E-state index contributed by atoms with van der Waals surface area (Å²) in [5.74, 6) is 0.980. The summed E-state index contributed by atoms with van der Waals surface area (Å²) in [5.41, 5.74) is 4.08. The quantitative estimate of drug-likeness (QED) is 0.438. The zero-order chi connectivity index (χ0) is 21.1. The normalized spacial score (nSPS) is 22.2. The molecule has 1 aliphatic heterocycles. The number of allylic oxidation sites excluding steroid dienone is 2. The fourth-order valence-corrected chi connectivity index (χ4v) is 4.08. The van der Waals surface area contributed by atoms with Gasteiger partial charge in [-0.1, -0.05) is 54.0 Å². The Morgan fingerprint density at radius 2 is 2.00 bits per heavy atom. The number of aliphatic hydroxyl groups is 1. The summed E-state index contributed by atoms with van der Waals surface area (Å²) in [6, 6.07) is 6.76. The minimum atomic E-state index is -0.194. The average molecular weight is 509 g/mol. The number of piperidine rings is 1. The Kier molecular flexibility index (Phi) is 13.9. The van der Waals surface area contributed by atoms with Gasteiger partial charge in [-0.25, -0.2) is 4.39 Å². The van der Waals surface area contributed by atoms with Gasteiger partial charge in [0.25, 0.3) is 0 Å². The molecule has 2 N–H and O–H groups in total. The Balaban J connectivity index is 0.000000324. The van der Waals surface area contributed by atoms with Crippen molar-refractivity contribution >= 4 is 11.8 Å². The Morgan fingerprint density at radius 3 is 2.53 bits per heavy atom. The van der Waals surface area contributed by atoms with Crippen LogP contribution in [0.15, 0.2) is 47.6 Å². The predicted molar refractivity (Wildman–Crippen MR) is 124 cm³/mol. The second-order valence-electron chi connectivity index (χ2n) is 7.67. The molecule has 2 fully saturated rings. The Morgan fingerprint density at radius 1 is 1.30 bits per heavy atom. The summed E-state index contributed by atoms with van der Waals surface area (Å²) in [6.45, 7) is 6.47. The molecule has 1 radical (unpaired) electrons. The molecule has 1 saturated heterocycles. The van der Waals surface area contributed by atoms with E-state index in [1.807, 2.05) is 23.9 Å². The van der Waals surface area contributed by atoms with Gasteiger partial charge in [0, 0.05) is 57.2 Å². The Labute approximate surface area is 211 Å². The smallest absolute Gasteiger partial charge is 0.123 e. The van der Waals surface area contributed by atoms with Crippen molar-refractivity contribution in [2.45, 2.75) is 57.5 Å². The molecule has 0 amide bonds. The largest absolute Gasteiger partial charge is 0.652 e. The zero-order valence-electron chi connectivity index (χ0n) is 18.7. The van der Waals surface area contributed by atoms with E-state index in [1.165, 1.54) is 41.9 Å². The molecule has 1 saturated carbocycles. The summed E-state index contributed by atoms with van der Waals surface area (Å²) in [6.07, 6.45) is 12.0. The van der Waals surface area contributed by atoms with Crippen LogP contribution in [0.2, 0.25) is 0 Å². The average Bonchev–Trinajstić information content (AvgIpc) is 3.49. The van der Waals surface area contributed by atoms with E-state index < -0.39 is 0 Å². The van der Waals surface area contributed by atoms with Crippen molar-refractivity contribution in [2.24, 2.45) is 0 Å². The van der Waals surface area contributed by atoms with Crippen LogP contribution >= 0.6 is 11.8 Å². The SMILES string of the molecule is C/C=C1\C(=C/CC)CC[N-][C@H]1c1ccc(F)cc1.CSCCNC1(CCO)CC1.[Y]. The van der Waals surface area contributed by atoms with Crippen LogP contribution in [0.4, 0.5) is 4.39 Å². The maximum Gasteiger partial charge on any atom is 0.123 e. The van der Waals surface area contributed by atoms with Gasteiger partial charge in [-0.05, 0) is 57.4 Å². The second-order valence-corrected chi connectivity index (χ2v) is 8.65. The first-order valence-electron chi connectivity index (χ1n) is 10.7. The number of benzene rings is 1. The minimum Gasteiger partial charge on any atom is -0.652 e. The Bertz CT molecular complexity index is 674. The molecule has 0 spiro atoms. The van der Waals surface area contributed by atoms with Crippen molar-refractivity contribution < 1.29 is 42.2 Å². The number of nitrogens with one attached hydrogen (secondary N) is 1. The molecule has 1 atom stereocenters. The van der Waals surface area contributed by atoms with Crippen LogP contribution < -0.4 is 5.32 Å². The van der Waals surface area contributed by atoms with E-state index in [2.05, 4.69) is 42.9 Å². The third-order valence-electron chi connectivity index (χ3n) is 5.56. The van der Waals surface area contributed by atoms with E-state index in [9.17, 15) is 4.39 Å². The molecule has 2 aliphatic rings. The predicted octanol–water partition coefficient (Wildman–Crippen LogP) is 5.78. The van der Waals surface area contributed by atoms with Crippen LogP contribution in [0, 0.1) is 5.82 Å². The van der Waals surface area contributed by atoms with Crippen molar-refractivity contribution in [1.29, 1.82) is 0 Å². The molecule has 6 heteroatoms. The molecule has 165 valence electrons. The molecule has 1 aliphatic carbocycles. The van der Waals surface area contributed by atoms with Gasteiger partial charge < -0.3 is 15.7 Å². The van der Waals surface area contributed by atoms with E-state index in [0.717, 1.165) is 37.9 Å². The summed E-state index contributed by atoms with van der Waals surface area (Å²) < 4.78 is 13.0. The number of nitrogens with zero attached hydrogens (tertiary/aromatic N) is 1. The minimum absolute atomic E-state index is 0. The maximum atomic E-state index is 13.0. The maximum absolute atomic E-state index is 13.0. The van der Waals surface area contributed by atoms with Crippen molar-refractivity contribution in [1.82, 2.24) is 5.32 Å². The topological polar surface area (TPSA) is 46.4 Å². The molecule has 1 aromatic carbocycles. The van der Waals surface area contributed by atoms with Crippen molar-refractivity contribution in [3.8, 4) is 0 Å². The molecule has 3 nitrogen and oxygen atoms in total. The van der Waals surface area contributed by atoms with E-state index in [4.69, 9.17) is 5.11 Å². The number of rotatable bonds is 8. The molecule has 0 unspecified atom stereocenters. The third-order valence-corrected chi connectivity index (χ3v) is 6.17. The van der Waals surface area contributed by atoms with Gasteiger partial charge in [0.2, 0.25) is 0 Å². The first-order valence-corrected chi connectivity index (χ1v) is 12.1. The summed E-state index contributed by atoms with van der Waals surface area (Å²) in [4.78, 5) is 0. The first-order chi connectivity index (χ1) is 14.1. The molecular formula is C24H36FN2OSY-. The number of halogens is 1. The summed E-state index contributed by atoms with van der Waals surface area (Å²) >= 11 is 1.86. The number of thioether (sulfide) groups is 1. The fraction of sp³-hybridized carbons (Fsp3) is 0.583. The van der Waals surface area contributed by atoms with Gasteiger partial charge in [0.1, 0.15) is 5.82 Å². The van der Waals surface area contributed by atoms with E-state index in [0.29, 0.717) is 12.1 Å². The monoisotopic (exact) mass is 508 g/mol. The summed E-state index contributed by atoms with van der Waals surface area (Å²) in [7, 11) is 0. The van der Waals surface area contributed by atoms with Crippen LogP contribution in [0.1, 0.15) is 57.6 Å². The Hall–Kier alpha value is -0.0361. The van der Waals surface area contributed by atoms with Crippen LogP contribution in [0.5, 0.6) is 0 Å². The number of hydrogen-bond donors (Lipinski definition) is 2. The van der Waals surface area contributed by atoms with Crippen molar-refractivity contribution in [2.75, 3.05) is 31.7 Å². The first kappa shape index (κ1) is 28.0. The van der Waals surface area contributed by atoms with Gasteiger partial charge in [-0.15, -0.1) is 6.54 Å².